The molecule has 1 aromatic rings. The molecule has 0 unspecified atom stereocenters. The lowest BCUT2D eigenvalue weighted by Gasteiger charge is -2.15. The molecule has 21 heavy (non-hydrogen) atoms. The summed E-state index contributed by atoms with van der Waals surface area (Å²) >= 11 is 7.11. The largest absolute Gasteiger partial charge is 0.389 e. The Morgan fingerprint density at radius 1 is 1.19 bits per heavy atom. The Kier molecular flexibility index (Phi) is 8.61. The van der Waals surface area contributed by atoms with Crippen molar-refractivity contribution >= 4 is 34.8 Å². The SMILES string of the molecule is CCc1nnc(NCCCCCSC)c(C(N)=S)c1CC. The van der Waals surface area contributed by atoms with Gasteiger partial charge in [-0.15, -0.1) is 5.10 Å². The number of hydrogen-bond acceptors (Lipinski definition) is 5. The molecular formula is C15H26N4S2. The Hall–Kier alpha value is -0.880. The van der Waals surface area contributed by atoms with Crippen LogP contribution in [0.1, 0.15) is 49.9 Å². The molecular weight excluding hydrogens is 300 g/mol. The molecule has 118 valence electrons. The van der Waals surface area contributed by atoms with Gasteiger partial charge in [0, 0.05) is 6.54 Å². The van der Waals surface area contributed by atoms with Crippen LogP contribution in [0.25, 0.3) is 0 Å². The van der Waals surface area contributed by atoms with Gasteiger partial charge in [-0.2, -0.15) is 16.9 Å². The highest BCUT2D eigenvalue weighted by Gasteiger charge is 2.16. The molecule has 4 nitrogen and oxygen atoms in total. The summed E-state index contributed by atoms with van der Waals surface area (Å²) in [5, 5.41) is 11.9. The Morgan fingerprint density at radius 3 is 2.52 bits per heavy atom. The summed E-state index contributed by atoms with van der Waals surface area (Å²) in [6.07, 6.45) is 7.46. The topological polar surface area (TPSA) is 63.8 Å². The molecule has 0 aliphatic heterocycles. The number of thioether (sulfide) groups is 1. The summed E-state index contributed by atoms with van der Waals surface area (Å²) in [4.78, 5) is 0.404. The fourth-order valence-electron chi connectivity index (χ4n) is 2.32. The van der Waals surface area contributed by atoms with Crippen LogP contribution in [0.15, 0.2) is 0 Å². The summed E-state index contributed by atoms with van der Waals surface area (Å²) in [6, 6.07) is 0. The molecule has 1 heterocycles. The minimum absolute atomic E-state index is 0.404. The van der Waals surface area contributed by atoms with Crippen molar-refractivity contribution in [1.29, 1.82) is 0 Å². The van der Waals surface area contributed by atoms with Crippen LogP contribution < -0.4 is 11.1 Å². The molecule has 0 bridgehead atoms. The van der Waals surface area contributed by atoms with E-state index >= 15 is 0 Å². The van der Waals surface area contributed by atoms with E-state index in [1.807, 2.05) is 11.8 Å². The van der Waals surface area contributed by atoms with Crippen LogP contribution in [0.3, 0.4) is 0 Å². The minimum atomic E-state index is 0.404. The normalized spacial score (nSPS) is 10.6. The van der Waals surface area contributed by atoms with Crippen LogP contribution in [-0.2, 0) is 12.8 Å². The molecule has 0 spiro atoms. The fraction of sp³-hybridized carbons (Fsp3) is 0.667. The van der Waals surface area contributed by atoms with Gasteiger partial charge in [-0.05, 0) is 43.3 Å². The molecule has 0 aromatic carbocycles. The molecule has 3 N–H and O–H groups in total. The number of aromatic nitrogens is 2. The maximum Gasteiger partial charge on any atom is 0.159 e. The fourth-order valence-corrected chi connectivity index (χ4v) is 3.03. The lowest BCUT2D eigenvalue weighted by Crippen LogP contribution is -2.20. The van der Waals surface area contributed by atoms with Crippen molar-refractivity contribution in [2.45, 2.75) is 46.0 Å². The van der Waals surface area contributed by atoms with Crippen LogP contribution in [-0.4, -0.2) is 33.7 Å². The van der Waals surface area contributed by atoms with E-state index in [1.54, 1.807) is 0 Å². The number of anilines is 1. The quantitative estimate of drug-likeness (QED) is 0.508. The van der Waals surface area contributed by atoms with Gasteiger partial charge in [0.1, 0.15) is 4.99 Å². The number of rotatable bonds is 10. The first-order chi connectivity index (χ1) is 10.2. The van der Waals surface area contributed by atoms with E-state index in [4.69, 9.17) is 18.0 Å². The van der Waals surface area contributed by atoms with Crippen molar-refractivity contribution in [3.05, 3.63) is 16.8 Å². The maximum absolute atomic E-state index is 5.91. The smallest absolute Gasteiger partial charge is 0.159 e. The van der Waals surface area contributed by atoms with Gasteiger partial charge in [0.15, 0.2) is 5.82 Å². The highest BCUT2D eigenvalue weighted by Crippen LogP contribution is 2.21. The molecule has 0 atom stereocenters. The van der Waals surface area contributed by atoms with Gasteiger partial charge in [0.05, 0.1) is 11.3 Å². The molecule has 0 fully saturated rings. The van der Waals surface area contributed by atoms with Crippen molar-refractivity contribution in [2.75, 3.05) is 23.9 Å². The molecule has 0 saturated carbocycles. The zero-order valence-corrected chi connectivity index (χ0v) is 14.9. The Bertz CT molecular complexity index is 463. The van der Waals surface area contributed by atoms with Crippen LogP contribution in [0.5, 0.6) is 0 Å². The summed E-state index contributed by atoms with van der Waals surface area (Å²) in [5.41, 5.74) is 8.90. The van der Waals surface area contributed by atoms with Gasteiger partial charge in [-0.1, -0.05) is 32.5 Å². The molecule has 1 aromatic heterocycles. The molecule has 0 saturated heterocycles. The standard InChI is InChI=1S/C15H26N4S2/c1-4-11-12(5-2)18-19-15(13(11)14(16)20)17-9-7-6-8-10-21-3/h4-10H2,1-3H3,(H2,16,20)(H,17,19). The first-order valence-corrected chi connectivity index (χ1v) is 9.36. The van der Waals surface area contributed by atoms with Crippen LogP contribution >= 0.6 is 24.0 Å². The van der Waals surface area contributed by atoms with E-state index in [0.29, 0.717) is 4.99 Å². The number of hydrogen-bond donors (Lipinski definition) is 2. The number of nitrogens with one attached hydrogen (secondary N) is 1. The van der Waals surface area contributed by atoms with Crippen molar-refractivity contribution < 1.29 is 0 Å². The predicted molar refractivity (Wildman–Crippen MR) is 97.4 cm³/mol. The lowest BCUT2D eigenvalue weighted by atomic mass is 10.0. The van der Waals surface area contributed by atoms with Crippen LogP contribution in [0.2, 0.25) is 0 Å². The Labute approximate surface area is 137 Å². The van der Waals surface area contributed by atoms with Gasteiger partial charge in [-0.3, -0.25) is 0 Å². The van der Waals surface area contributed by atoms with E-state index in [0.717, 1.165) is 48.4 Å². The van der Waals surface area contributed by atoms with E-state index in [9.17, 15) is 0 Å². The van der Waals surface area contributed by atoms with Gasteiger partial charge in [0.25, 0.3) is 0 Å². The van der Waals surface area contributed by atoms with Crippen LogP contribution in [0.4, 0.5) is 5.82 Å². The third-order valence-corrected chi connectivity index (χ3v) is 4.31. The highest BCUT2D eigenvalue weighted by atomic mass is 32.2. The monoisotopic (exact) mass is 326 g/mol. The average molecular weight is 327 g/mol. The molecule has 0 amide bonds. The van der Waals surface area contributed by atoms with E-state index in [1.165, 1.54) is 18.6 Å². The molecule has 0 aliphatic carbocycles. The first-order valence-electron chi connectivity index (χ1n) is 7.56. The summed E-state index contributed by atoms with van der Waals surface area (Å²) in [6.45, 7) is 5.06. The second-order valence-corrected chi connectivity index (χ2v) is 6.33. The van der Waals surface area contributed by atoms with Crippen molar-refractivity contribution in [3.8, 4) is 0 Å². The van der Waals surface area contributed by atoms with Crippen molar-refractivity contribution in [3.63, 3.8) is 0 Å². The first kappa shape index (κ1) is 18.2. The summed E-state index contributed by atoms with van der Waals surface area (Å²) in [7, 11) is 0. The number of nitrogens with two attached hydrogens (primary N) is 1. The third-order valence-electron chi connectivity index (χ3n) is 3.41. The van der Waals surface area contributed by atoms with Gasteiger partial charge in [0.2, 0.25) is 0 Å². The molecule has 1 rings (SSSR count). The van der Waals surface area contributed by atoms with Crippen LogP contribution in [0, 0.1) is 0 Å². The number of aryl methyl sites for hydroxylation is 1. The Morgan fingerprint density at radius 2 is 1.95 bits per heavy atom. The van der Waals surface area contributed by atoms with E-state index in [-0.39, 0.29) is 0 Å². The zero-order chi connectivity index (χ0) is 15.7. The second-order valence-electron chi connectivity index (χ2n) is 4.90. The predicted octanol–water partition coefficient (Wildman–Crippen LogP) is 3.18. The van der Waals surface area contributed by atoms with Gasteiger partial charge >= 0.3 is 0 Å². The highest BCUT2D eigenvalue weighted by molar-refractivity contribution is 7.98. The molecule has 0 radical (unpaired) electrons. The second kappa shape index (κ2) is 9.95. The Balaban J connectivity index is 2.75. The average Bonchev–Trinajstić information content (AvgIpc) is 2.49. The minimum Gasteiger partial charge on any atom is -0.389 e. The molecule has 6 heteroatoms. The zero-order valence-electron chi connectivity index (χ0n) is 13.2. The van der Waals surface area contributed by atoms with E-state index in [2.05, 4.69) is 35.6 Å². The van der Waals surface area contributed by atoms with E-state index < -0.39 is 0 Å². The number of thiocarbonyl (C=S) groups is 1. The molecule has 0 aliphatic rings. The summed E-state index contributed by atoms with van der Waals surface area (Å²) < 4.78 is 0. The number of nitrogens with zero attached hydrogens (tertiary/aromatic N) is 2. The van der Waals surface area contributed by atoms with Gasteiger partial charge in [-0.25, -0.2) is 0 Å². The third kappa shape index (κ3) is 5.43. The summed E-state index contributed by atoms with van der Waals surface area (Å²) in [5.74, 6) is 1.96. The number of unbranched alkanes of at least 4 members (excludes halogenated alkanes) is 2. The lowest BCUT2D eigenvalue weighted by molar-refractivity contribution is 0.745. The van der Waals surface area contributed by atoms with Gasteiger partial charge < -0.3 is 11.1 Å². The van der Waals surface area contributed by atoms with Crippen molar-refractivity contribution in [1.82, 2.24) is 10.2 Å². The van der Waals surface area contributed by atoms with Crippen molar-refractivity contribution in [2.24, 2.45) is 5.73 Å². The maximum atomic E-state index is 5.91.